The molecule has 1 heterocycles. The quantitative estimate of drug-likeness (QED) is 0.703. The molecule has 0 aliphatic rings. The molecule has 0 bridgehead atoms. The molecule has 0 saturated carbocycles. The van der Waals surface area contributed by atoms with Gasteiger partial charge in [0.25, 0.3) is 0 Å². The van der Waals surface area contributed by atoms with Gasteiger partial charge in [-0.25, -0.2) is 4.39 Å². The first-order chi connectivity index (χ1) is 11.7. The molecule has 0 radical (unpaired) electrons. The number of carbonyl (C=O) groups excluding carboxylic acids is 1. The Bertz CT molecular complexity index is 795. The number of H-pyrrole nitrogens is 1. The Labute approximate surface area is 140 Å². The number of aryl methyl sites for hydroxylation is 1. The van der Waals surface area contributed by atoms with E-state index < -0.39 is 0 Å². The van der Waals surface area contributed by atoms with Gasteiger partial charge in [0.15, 0.2) is 0 Å². The molecule has 0 saturated heterocycles. The molecule has 3 nitrogen and oxygen atoms in total. The second-order valence-corrected chi connectivity index (χ2v) is 5.85. The highest BCUT2D eigenvalue weighted by molar-refractivity contribution is 5.80. The normalized spacial score (nSPS) is 10.7. The summed E-state index contributed by atoms with van der Waals surface area (Å²) in [6, 6.07) is 14.6. The number of hydrogen-bond acceptors (Lipinski definition) is 2. The standard InChI is InChI=1S/C20H19FN2O/c21-20-7-2-1-6-19(20)17-10-8-15(9-11-17)4-3-5-18(24)12-16-13-22-23-14-16/h1-2,6-11,13-14H,3-5,12H2,(H,22,23). The van der Waals surface area contributed by atoms with Crippen LogP contribution in [0.25, 0.3) is 11.1 Å². The maximum absolute atomic E-state index is 13.8. The van der Waals surface area contributed by atoms with Crippen LogP contribution in [0.4, 0.5) is 4.39 Å². The number of halogens is 1. The van der Waals surface area contributed by atoms with E-state index in [0.29, 0.717) is 18.4 Å². The molecule has 24 heavy (non-hydrogen) atoms. The Morgan fingerprint density at radius 2 is 1.83 bits per heavy atom. The van der Waals surface area contributed by atoms with Crippen molar-refractivity contribution in [2.45, 2.75) is 25.7 Å². The van der Waals surface area contributed by atoms with Crippen molar-refractivity contribution < 1.29 is 9.18 Å². The molecule has 122 valence electrons. The molecular weight excluding hydrogens is 303 g/mol. The van der Waals surface area contributed by atoms with Crippen LogP contribution in [0.5, 0.6) is 0 Å². The van der Waals surface area contributed by atoms with Crippen molar-refractivity contribution in [2.75, 3.05) is 0 Å². The second kappa shape index (κ2) is 7.68. The van der Waals surface area contributed by atoms with Gasteiger partial charge in [-0.05, 0) is 35.6 Å². The minimum atomic E-state index is -0.213. The Kier molecular flexibility index (Phi) is 5.16. The number of ketones is 1. The average Bonchev–Trinajstić information content (AvgIpc) is 3.09. The van der Waals surface area contributed by atoms with Gasteiger partial charge < -0.3 is 0 Å². The molecule has 0 atom stereocenters. The maximum Gasteiger partial charge on any atom is 0.137 e. The first-order valence-corrected chi connectivity index (χ1v) is 8.05. The number of aromatic nitrogens is 2. The van der Waals surface area contributed by atoms with Gasteiger partial charge in [-0.15, -0.1) is 0 Å². The molecule has 4 heteroatoms. The summed E-state index contributed by atoms with van der Waals surface area (Å²) in [5.41, 5.74) is 3.56. The van der Waals surface area contributed by atoms with Crippen LogP contribution in [-0.2, 0) is 17.6 Å². The summed E-state index contributed by atoms with van der Waals surface area (Å²) in [5.74, 6) is 0.00877. The second-order valence-electron chi connectivity index (χ2n) is 5.85. The van der Waals surface area contributed by atoms with Crippen molar-refractivity contribution in [3.8, 4) is 11.1 Å². The van der Waals surface area contributed by atoms with Gasteiger partial charge in [0, 0.05) is 24.6 Å². The van der Waals surface area contributed by atoms with Crippen molar-refractivity contribution in [2.24, 2.45) is 0 Å². The Balaban J connectivity index is 1.51. The van der Waals surface area contributed by atoms with Crippen LogP contribution in [-0.4, -0.2) is 16.0 Å². The molecule has 3 aromatic rings. The summed E-state index contributed by atoms with van der Waals surface area (Å²) in [4.78, 5) is 11.9. The van der Waals surface area contributed by atoms with E-state index in [2.05, 4.69) is 10.2 Å². The zero-order valence-electron chi connectivity index (χ0n) is 13.3. The van der Waals surface area contributed by atoms with E-state index in [9.17, 15) is 9.18 Å². The summed E-state index contributed by atoms with van der Waals surface area (Å²) >= 11 is 0. The van der Waals surface area contributed by atoms with E-state index in [1.165, 1.54) is 6.07 Å². The fourth-order valence-corrected chi connectivity index (χ4v) is 2.73. The van der Waals surface area contributed by atoms with Gasteiger partial charge in [-0.3, -0.25) is 9.89 Å². The third-order valence-electron chi connectivity index (χ3n) is 4.02. The molecule has 0 unspecified atom stereocenters. The van der Waals surface area contributed by atoms with Crippen LogP contribution >= 0.6 is 0 Å². The topological polar surface area (TPSA) is 45.8 Å². The van der Waals surface area contributed by atoms with Gasteiger partial charge >= 0.3 is 0 Å². The molecule has 0 spiro atoms. The van der Waals surface area contributed by atoms with Crippen LogP contribution < -0.4 is 0 Å². The van der Waals surface area contributed by atoms with Crippen LogP contribution in [0.15, 0.2) is 60.9 Å². The van der Waals surface area contributed by atoms with Crippen molar-refractivity contribution >= 4 is 5.78 Å². The van der Waals surface area contributed by atoms with Crippen molar-refractivity contribution in [3.63, 3.8) is 0 Å². The highest BCUT2D eigenvalue weighted by Crippen LogP contribution is 2.23. The number of carbonyl (C=O) groups is 1. The molecule has 3 rings (SSSR count). The number of Topliss-reactive ketones (excluding diaryl/α,β-unsaturated/α-hetero) is 1. The summed E-state index contributed by atoms with van der Waals surface area (Å²) < 4.78 is 13.8. The average molecular weight is 322 g/mol. The number of rotatable bonds is 7. The summed E-state index contributed by atoms with van der Waals surface area (Å²) in [5, 5.41) is 6.55. The first-order valence-electron chi connectivity index (χ1n) is 8.05. The molecule has 1 N–H and O–H groups in total. The third-order valence-corrected chi connectivity index (χ3v) is 4.02. The van der Waals surface area contributed by atoms with E-state index in [-0.39, 0.29) is 11.6 Å². The van der Waals surface area contributed by atoms with Gasteiger partial charge in [0.1, 0.15) is 11.6 Å². The number of nitrogens with zero attached hydrogens (tertiary/aromatic N) is 1. The summed E-state index contributed by atoms with van der Waals surface area (Å²) in [7, 11) is 0. The lowest BCUT2D eigenvalue weighted by atomic mass is 10.00. The lowest BCUT2D eigenvalue weighted by Crippen LogP contribution is -2.02. The van der Waals surface area contributed by atoms with E-state index in [1.807, 2.05) is 30.3 Å². The maximum atomic E-state index is 13.8. The fraction of sp³-hybridized carbons (Fsp3) is 0.200. The fourth-order valence-electron chi connectivity index (χ4n) is 2.73. The first kappa shape index (κ1) is 16.1. The predicted molar refractivity (Wildman–Crippen MR) is 92.1 cm³/mol. The van der Waals surface area contributed by atoms with Gasteiger partial charge in [0.05, 0.1) is 6.20 Å². The Hall–Kier alpha value is -2.75. The highest BCUT2D eigenvalue weighted by Gasteiger charge is 2.06. The molecule has 0 fully saturated rings. The highest BCUT2D eigenvalue weighted by atomic mass is 19.1. The van der Waals surface area contributed by atoms with Crippen molar-refractivity contribution in [3.05, 3.63) is 77.9 Å². The molecule has 0 amide bonds. The van der Waals surface area contributed by atoms with E-state index >= 15 is 0 Å². The SMILES string of the molecule is O=C(CCCc1ccc(-c2ccccc2F)cc1)Cc1cn[nH]c1. The zero-order valence-corrected chi connectivity index (χ0v) is 13.3. The predicted octanol–water partition coefficient (Wildman–Crippen LogP) is 4.35. The Morgan fingerprint density at radius 3 is 2.54 bits per heavy atom. The smallest absolute Gasteiger partial charge is 0.137 e. The largest absolute Gasteiger partial charge is 0.299 e. The van der Waals surface area contributed by atoms with Gasteiger partial charge in [-0.1, -0.05) is 42.5 Å². The lowest BCUT2D eigenvalue weighted by Gasteiger charge is -2.06. The van der Waals surface area contributed by atoms with Crippen LogP contribution in [0.3, 0.4) is 0 Å². The molecule has 1 aromatic heterocycles. The molecule has 2 aromatic carbocycles. The number of aromatic amines is 1. The van der Waals surface area contributed by atoms with E-state index in [0.717, 1.165) is 29.5 Å². The zero-order chi connectivity index (χ0) is 16.8. The summed E-state index contributed by atoms with van der Waals surface area (Å²) in [6.07, 6.45) is 6.08. The lowest BCUT2D eigenvalue weighted by molar-refractivity contribution is -0.118. The summed E-state index contributed by atoms with van der Waals surface area (Å²) in [6.45, 7) is 0. The third kappa shape index (κ3) is 4.16. The van der Waals surface area contributed by atoms with Gasteiger partial charge in [-0.2, -0.15) is 5.10 Å². The van der Waals surface area contributed by atoms with Gasteiger partial charge in [0.2, 0.25) is 0 Å². The van der Waals surface area contributed by atoms with E-state index in [1.54, 1.807) is 24.5 Å². The number of nitrogens with one attached hydrogen (secondary N) is 1. The van der Waals surface area contributed by atoms with Crippen LogP contribution in [0.1, 0.15) is 24.0 Å². The van der Waals surface area contributed by atoms with Crippen LogP contribution in [0.2, 0.25) is 0 Å². The van der Waals surface area contributed by atoms with Crippen LogP contribution in [0, 0.1) is 5.82 Å². The number of benzene rings is 2. The minimum absolute atomic E-state index is 0.213. The monoisotopic (exact) mass is 322 g/mol. The molecule has 0 aliphatic carbocycles. The Morgan fingerprint density at radius 1 is 1.04 bits per heavy atom. The minimum Gasteiger partial charge on any atom is -0.299 e. The van der Waals surface area contributed by atoms with Crippen molar-refractivity contribution in [1.29, 1.82) is 0 Å². The van der Waals surface area contributed by atoms with Crippen molar-refractivity contribution in [1.82, 2.24) is 10.2 Å². The van der Waals surface area contributed by atoms with E-state index in [4.69, 9.17) is 0 Å². The molecular formula is C20H19FN2O. The molecule has 0 aliphatic heterocycles. The number of hydrogen-bond donors (Lipinski definition) is 1.